The van der Waals surface area contributed by atoms with Crippen molar-refractivity contribution in [2.75, 3.05) is 6.61 Å². The molecular weight excluding hydrogens is 128 g/mol. The highest BCUT2D eigenvalue weighted by Gasteiger charge is 1.99. The summed E-state index contributed by atoms with van der Waals surface area (Å²) in [5.41, 5.74) is 0.814. The first-order valence-corrected chi connectivity index (χ1v) is 3.07. The second kappa shape index (κ2) is 4.79. The van der Waals surface area contributed by atoms with E-state index >= 15 is 0 Å². The Morgan fingerprint density at radius 2 is 2.30 bits per heavy atom. The molecule has 0 aliphatic carbocycles. The maximum absolute atomic E-state index is 10.7. The molecule has 0 radical (unpaired) electrons. The SMILES string of the molecule is C=CCOC(=O)CC(=C)C. The first-order valence-electron chi connectivity index (χ1n) is 3.07. The van der Waals surface area contributed by atoms with Crippen LogP contribution < -0.4 is 0 Å². The van der Waals surface area contributed by atoms with E-state index in [4.69, 9.17) is 0 Å². The lowest BCUT2D eigenvalue weighted by atomic mass is 10.2. The van der Waals surface area contributed by atoms with Crippen molar-refractivity contribution >= 4 is 5.97 Å². The van der Waals surface area contributed by atoms with E-state index in [1.165, 1.54) is 6.08 Å². The van der Waals surface area contributed by atoms with Crippen molar-refractivity contribution in [3.05, 3.63) is 24.8 Å². The van der Waals surface area contributed by atoms with Gasteiger partial charge in [-0.2, -0.15) is 0 Å². The zero-order valence-corrected chi connectivity index (χ0v) is 6.22. The first kappa shape index (κ1) is 8.95. The minimum atomic E-state index is -0.243. The van der Waals surface area contributed by atoms with E-state index in [2.05, 4.69) is 17.9 Å². The standard InChI is InChI=1S/C8H12O2/c1-4-5-10-8(9)6-7(2)3/h4H,1-2,5-6H2,3H3. The summed E-state index contributed by atoms with van der Waals surface area (Å²) in [7, 11) is 0. The van der Waals surface area contributed by atoms with Crippen LogP contribution >= 0.6 is 0 Å². The van der Waals surface area contributed by atoms with Crippen LogP contribution in [0.1, 0.15) is 13.3 Å². The quantitative estimate of drug-likeness (QED) is 0.438. The third-order valence-electron chi connectivity index (χ3n) is 0.808. The predicted molar refractivity (Wildman–Crippen MR) is 40.6 cm³/mol. The molecule has 10 heavy (non-hydrogen) atoms. The van der Waals surface area contributed by atoms with Gasteiger partial charge in [0.15, 0.2) is 0 Å². The number of hydrogen-bond acceptors (Lipinski definition) is 2. The summed E-state index contributed by atoms with van der Waals surface area (Å²) < 4.78 is 4.68. The van der Waals surface area contributed by atoms with E-state index in [1.807, 2.05) is 0 Å². The van der Waals surface area contributed by atoms with Crippen LogP contribution in [-0.4, -0.2) is 12.6 Å². The molecule has 0 atom stereocenters. The van der Waals surface area contributed by atoms with E-state index < -0.39 is 0 Å². The summed E-state index contributed by atoms with van der Waals surface area (Å²) in [6.07, 6.45) is 1.84. The predicted octanol–water partition coefficient (Wildman–Crippen LogP) is 1.68. The minimum absolute atomic E-state index is 0.243. The average Bonchev–Trinajstić information content (AvgIpc) is 1.82. The molecule has 0 bridgehead atoms. The second-order valence-corrected chi connectivity index (χ2v) is 2.11. The highest BCUT2D eigenvalue weighted by atomic mass is 16.5. The number of carbonyl (C=O) groups excluding carboxylic acids is 1. The molecular formula is C8H12O2. The molecule has 0 aliphatic rings. The Bertz CT molecular complexity index is 147. The maximum Gasteiger partial charge on any atom is 0.310 e. The Balaban J connectivity index is 3.43. The van der Waals surface area contributed by atoms with Gasteiger partial charge in [0, 0.05) is 0 Å². The van der Waals surface area contributed by atoms with Crippen LogP contribution in [0, 0.1) is 0 Å². The summed E-state index contributed by atoms with van der Waals surface area (Å²) in [5.74, 6) is -0.243. The molecule has 0 fully saturated rings. The molecule has 56 valence electrons. The van der Waals surface area contributed by atoms with Gasteiger partial charge in [-0.15, -0.1) is 0 Å². The molecule has 0 aromatic carbocycles. The van der Waals surface area contributed by atoms with Gasteiger partial charge in [-0.25, -0.2) is 0 Å². The summed E-state index contributed by atoms with van der Waals surface area (Å²) in [5, 5.41) is 0. The monoisotopic (exact) mass is 140 g/mol. The lowest BCUT2D eigenvalue weighted by Crippen LogP contribution is -2.03. The van der Waals surface area contributed by atoms with Crippen molar-refractivity contribution < 1.29 is 9.53 Å². The van der Waals surface area contributed by atoms with E-state index in [0.717, 1.165) is 5.57 Å². The summed E-state index contributed by atoms with van der Waals surface area (Å²) >= 11 is 0. The van der Waals surface area contributed by atoms with Crippen LogP contribution in [0.15, 0.2) is 24.8 Å². The second-order valence-electron chi connectivity index (χ2n) is 2.11. The molecule has 0 saturated carbocycles. The van der Waals surface area contributed by atoms with Crippen LogP contribution in [0.3, 0.4) is 0 Å². The number of esters is 1. The van der Waals surface area contributed by atoms with Crippen LogP contribution in [-0.2, 0) is 9.53 Å². The summed E-state index contributed by atoms with van der Waals surface area (Å²) in [6, 6.07) is 0. The Kier molecular flexibility index (Phi) is 4.29. The van der Waals surface area contributed by atoms with E-state index in [9.17, 15) is 4.79 Å². The summed E-state index contributed by atoms with van der Waals surface area (Å²) in [4.78, 5) is 10.7. The normalized spacial score (nSPS) is 8.50. The molecule has 0 aromatic heterocycles. The molecule has 0 aliphatic heterocycles. The number of ether oxygens (including phenoxy) is 1. The van der Waals surface area contributed by atoms with Crippen molar-refractivity contribution in [3.8, 4) is 0 Å². The van der Waals surface area contributed by atoms with Gasteiger partial charge < -0.3 is 4.74 Å². The third kappa shape index (κ3) is 5.09. The summed E-state index contributed by atoms with van der Waals surface area (Å²) in [6.45, 7) is 9.06. The fourth-order valence-electron chi connectivity index (χ4n) is 0.449. The molecule has 0 unspecified atom stereocenters. The zero-order chi connectivity index (χ0) is 7.98. The van der Waals surface area contributed by atoms with Gasteiger partial charge >= 0.3 is 5.97 Å². The first-order chi connectivity index (χ1) is 4.66. The van der Waals surface area contributed by atoms with Gasteiger partial charge in [0.25, 0.3) is 0 Å². The van der Waals surface area contributed by atoms with Crippen LogP contribution in [0.25, 0.3) is 0 Å². The molecule has 0 saturated heterocycles. The van der Waals surface area contributed by atoms with Crippen molar-refractivity contribution in [2.24, 2.45) is 0 Å². The highest BCUT2D eigenvalue weighted by molar-refractivity contribution is 5.72. The number of hydrogen-bond donors (Lipinski definition) is 0. The van der Waals surface area contributed by atoms with Crippen LogP contribution in [0.5, 0.6) is 0 Å². The molecule has 0 N–H and O–H groups in total. The van der Waals surface area contributed by atoms with Gasteiger partial charge in [-0.05, 0) is 6.92 Å². The lowest BCUT2D eigenvalue weighted by molar-refractivity contribution is -0.141. The van der Waals surface area contributed by atoms with Gasteiger partial charge in [0.1, 0.15) is 6.61 Å². The van der Waals surface area contributed by atoms with Crippen molar-refractivity contribution in [1.82, 2.24) is 0 Å². The number of carbonyl (C=O) groups is 1. The Labute approximate surface area is 61.2 Å². The van der Waals surface area contributed by atoms with E-state index in [0.29, 0.717) is 6.42 Å². The molecule has 0 spiro atoms. The number of rotatable bonds is 4. The van der Waals surface area contributed by atoms with Gasteiger partial charge in [-0.3, -0.25) is 4.79 Å². The highest BCUT2D eigenvalue weighted by Crippen LogP contribution is 1.96. The Morgan fingerprint density at radius 1 is 1.70 bits per heavy atom. The van der Waals surface area contributed by atoms with Crippen molar-refractivity contribution in [3.63, 3.8) is 0 Å². The van der Waals surface area contributed by atoms with E-state index in [-0.39, 0.29) is 12.6 Å². The smallest absolute Gasteiger partial charge is 0.310 e. The molecule has 0 aromatic rings. The van der Waals surface area contributed by atoms with Gasteiger partial charge in [0.05, 0.1) is 6.42 Å². The average molecular weight is 140 g/mol. The molecule has 2 heteroatoms. The minimum Gasteiger partial charge on any atom is -0.461 e. The topological polar surface area (TPSA) is 26.3 Å². The maximum atomic E-state index is 10.7. The largest absolute Gasteiger partial charge is 0.461 e. The molecule has 0 heterocycles. The zero-order valence-electron chi connectivity index (χ0n) is 6.22. The fraction of sp³-hybridized carbons (Fsp3) is 0.375. The Hall–Kier alpha value is -1.05. The molecule has 0 amide bonds. The Morgan fingerprint density at radius 3 is 2.70 bits per heavy atom. The third-order valence-corrected chi connectivity index (χ3v) is 0.808. The fourth-order valence-corrected chi connectivity index (χ4v) is 0.449. The van der Waals surface area contributed by atoms with Crippen LogP contribution in [0.4, 0.5) is 0 Å². The molecule has 0 rings (SSSR count). The van der Waals surface area contributed by atoms with Gasteiger partial charge in [0.2, 0.25) is 0 Å². The molecule has 2 nitrogen and oxygen atoms in total. The van der Waals surface area contributed by atoms with Gasteiger partial charge in [-0.1, -0.05) is 24.8 Å². The lowest BCUT2D eigenvalue weighted by Gasteiger charge is -1.99. The van der Waals surface area contributed by atoms with Crippen molar-refractivity contribution in [1.29, 1.82) is 0 Å². The van der Waals surface area contributed by atoms with E-state index in [1.54, 1.807) is 6.92 Å². The van der Waals surface area contributed by atoms with Crippen LogP contribution in [0.2, 0.25) is 0 Å². The van der Waals surface area contributed by atoms with Crippen molar-refractivity contribution in [2.45, 2.75) is 13.3 Å².